The number of nitrogens with one attached hydrogen (secondary N) is 2. The second kappa shape index (κ2) is 6.90. The molecule has 0 saturated heterocycles. The minimum Gasteiger partial charge on any atom is -0.364 e. The Bertz CT molecular complexity index is 964. The molecule has 0 aliphatic heterocycles. The molecule has 126 valence electrons. The SMILES string of the molecule is Cn1cc(-c2ccc(Nc3cccc(Br)c3)c(C(=N)C(N)=O)c2)cn1. The number of halogens is 1. The molecular weight excluding hydrogens is 382 g/mol. The highest BCUT2D eigenvalue weighted by Crippen LogP contribution is 2.28. The second-order valence-electron chi connectivity index (χ2n) is 5.54. The summed E-state index contributed by atoms with van der Waals surface area (Å²) in [5.41, 5.74) is 8.75. The molecule has 0 spiro atoms. The summed E-state index contributed by atoms with van der Waals surface area (Å²) >= 11 is 3.43. The van der Waals surface area contributed by atoms with Crippen LogP contribution in [0.4, 0.5) is 11.4 Å². The number of anilines is 2. The van der Waals surface area contributed by atoms with Crippen LogP contribution >= 0.6 is 15.9 Å². The number of hydrogen-bond acceptors (Lipinski definition) is 4. The number of aromatic nitrogens is 2. The average Bonchev–Trinajstić information content (AvgIpc) is 3.01. The number of nitrogens with zero attached hydrogens (tertiary/aromatic N) is 2. The van der Waals surface area contributed by atoms with Gasteiger partial charge in [0.2, 0.25) is 0 Å². The molecule has 0 saturated carbocycles. The average molecular weight is 398 g/mol. The molecule has 7 heteroatoms. The summed E-state index contributed by atoms with van der Waals surface area (Å²) in [6.07, 6.45) is 3.60. The van der Waals surface area contributed by atoms with Crippen LogP contribution in [0.15, 0.2) is 59.3 Å². The van der Waals surface area contributed by atoms with Gasteiger partial charge in [-0.05, 0) is 35.9 Å². The van der Waals surface area contributed by atoms with Gasteiger partial charge in [0.25, 0.3) is 5.91 Å². The number of aryl methyl sites for hydroxylation is 1. The summed E-state index contributed by atoms with van der Waals surface area (Å²) in [7, 11) is 1.83. The van der Waals surface area contributed by atoms with Crippen molar-refractivity contribution in [2.45, 2.75) is 0 Å². The molecule has 3 rings (SSSR count). The predicted octanol–water partition coefficient (Wildman–Crippen LogP) is 3.45. The highest BCUT2D eigenvalue weighted by Gasteiger charge is 2.15. The van der Waals surface area contributed by atoms with Gasteiger partial charge in [-0.15, -0.1) is 0 Å². The number of benzene rings is 2. The van der Waals surface area contributed by atoms with E-state index in [-0.39, 0.29) is 5.71 Å². The quantitative estimate of drug-likeness (QED) is 0.575. The van der Waals surface area contributed by atoms with Gasteiger partial charge < -0.3 is 11.1 Å². The molecular formula is C18H16BrN5O. The zero-order valence-electron chi connectivity index (χ0n) is 13.5. The van der Waals surface area contributed by atoms with Crippen LogP contribution in [0.2, 0.25) is 0 Å². The van der Waals surface area contributed by atoms with Crippen molar-refractivity contribution in [3.63, 3.8) is 0 Å². The van der Waals surface area contributed by atoms with Crippen LogP contribution < -0.4 is 11.1 Å². The van der Waals surface area contributed by atoms with E-state index >= 15 is 0 Å². The maximum atomic E-state index is 11.6. The zero-order chi connectivity index (χ0) is 18.0. The maximum absolute atomic E-state index is 11.6. The van der Waals surface area contributed by atoms with E-state index in [9.17, 15) is 4.79 Å². The van der Waals surface area contributed by atoms with Crippen molar-refractivity contribution in [3.05, 3.63) is 64.9 Å². The van der Waals surface area contributed by atoms with Crippen molar-refractivity contribution in [2.75, 3.05) is 5.32 Å². The summed E-state index contributed by atoms with van der Waals surface area (Å²) in [6, 6.07) is 13.1. The molecule has 0 unspecified atom stereocenters. The van der Waals surface area contributed by atoms with Gasteiger partial charge in [0, 0.05) is 40.2 Å². The van der Waals surface area contributed by atoms with Crippen LogP contribution in [0.3, 0.4) is 0 Å². The Morgan fingerprint density at radius 1 is 1.24 bits per heavy atom. The first-order valence-corrected chi connectivity index (χ1v) is 8.28. The van der Waals surface area contributed by atoms with Crippen molar-refractivity contribution in [1.82, 2.24) is 9.78 Å². The lowest BCUT2D eigenvalue weighted by atomic mass is 10.0. The van der Waals surface area contributed by atoms with Crippen LogP contribution in [0.1, 0.15) is 5.56 Å². The van der Waals surface area contributed by atoms with Crippen molar-refractivity contribution >= 4 is 38.9 Å². The lowest BCUT2D eigenvalue weighted by molar-refractivity contribution is -0.112. The molecule has 1 aromatic heterocycles. The van der Waals surface area contributed by atoms with Crippen molar-refractivity contribution in [3.8, 4) is 11.1 Å². The molecule has 3 aromatic rings. The van der Waals surface area contributed by atoms with Gasteiger partial charge in [-0.3, -0.25) is 14.9 Å². The van der Waals surface area contributed by atoms with Gasteiger partial charge in [-0.1, -0.05) is 28.1 Å². The molecule has 1 heterocycles. The largest absolute Gasteiger partial charge is 0.364 e. The first-order valence-electron chi connectivity index (χ1n) is 7.48. The van der Waals surface area contributed by atoms with Gasteiger partial charge in [0.15, 0.2) is 0 Å². The fraction of sp³-hybridized carbons (Fsp3) is 0.0556. The molecule has 0 aliphatic carbocycles. The Labute approximate surface area is 153 Å². The van der Waals surface area contributed by atoms with E-state index in [4.69, 9.17) is 11.1 Å². The highest BCUT2D eigenvalue weighted by molar-refractivity contribution is 9.10. The Morgan fingerprint density at radius 2 is 2.04 bits per heavy atom. The fourth-order valence-electron chi connectivity index (χ4n) is 2.46. The van der Waals surface area contributed by atoms with E-state index in [1.165, 1.54) is 0 Å². The van der Waals surface area contributed by atoms with E-state index in [2.05, 4.69) is 26.3 Å². The number of carbonyl (C=O) groups excluding carboxylic acids is 1. The first-order chi connectivity index (χ1) is 11.9. The molecule has 2 aromatic carbocycles. The molecule has 4 N–H and O–H groups in total. The topological polar surface area (TPSA) is 96.8 Å². The standard InChI is InChI=1S/C18H16BrN5O/c1-24-10-12(9-22-24)11-5-6-16(15(7-11)17(20)18(21)25)23-14-4-2-3-13(19)8-14/h2-10,20,23H,1H3,(H2,21,25). The molecule has 6 nitrogen and oxygen atoms in total. The van der Waals surface area contributed by atoms with Gasteiger partial charge in [-0.2, -0.15) is 5.10 Å². The molecule has 1 amide bonds. The van der Waals surface area contributed by atoms with E-state index in [0.29, 0.717) is 11.3 Å². The number of rotatable bonds is 5. The van der Waals surface area contributed by atoms with Gasteiger partial charge >= 0.3 is 0 Å². The third-order valence-electron chi connectivity index (χ3n) is 3.68. The first kappa shape index (κ1) is 16.9. The predicted molar refractivity (Wildman–Crippen MR) is 102 cm³/mol. The summed E-state index contributed by atoms with van der Waals surface area (Å²) in [4.78, 5) is 11.6. The fourth-order valence-corrected chi connectivity index (χ4v) is 2.86. The number of primary amides is 1. The number of amides is 1. The lowest BCUT2D eigenvalue weighted by Gasteiger charge is -2.13. The van der Waals surface area contributed by atoms with Gasteiger partial charge in [0.1, 0.15) is 5.71 Å². The monoisotopic (exact) mass is 397 g/mol. The van der Waals surface area contributed by atoms with E-state index in [1.807, 2.05) is 49.6 Å². The maximum Gasteiger partial charge on any atom is 0.267 e. The summed E-state index contributed by atoms with van der Waals surface area (Å²) < 4.78 is 2.62. The molecule has 0 atom stereocenters. The van der Waals surface area contributed by atoms with Crippen molar-refractivity contribution in [2.24, 2.45) is 12.8 Å². The van der Waals surface area contributed by atoms with Crippen LogP contribution in [-0.4, -0.2) is 21.4 Å². The lowest BCUT2D eigenvalue weighted by Crippen LogP contribution is -2.24. The van der Waals surface area contributed by atoms with Crippen LogP contribution in [0.5, 0.6) is 0 Å². The minimum absolute atomic E-state index is 0.247. The van der Waals surface area contributed by atoms with Gasteiger partial charge in [0.05, 0.1) is 6.20 Å². The Balaban J connectivity index is 2.05. The van der Waals surface area contributed by atoms with Crippen LogP contribution in [-0.2, 0) is 11.8 Å². The summed E-state index contributed by atoms with van der Waals surface area (Å²) in [6.45, 7) is 0. The van der Waals surface area contributed by atoms with Crippen LogP contribution in [0, 0.1) is 5.41 Å². The van der Waals surface area contributed by atoms with Crippen molar-refractivity contribution < 1.29 is 4.79 Å². The minimum atomic E-state index is -0.777. The van der Waals surface area contributed by atoms with E-state index < -0.39 is 5.91 Å². The summed E-state index contributed by atoms with van der Waals surface area (Å²) in [5.74, 6) is -0.777. The highest BCUT2D eigenvalue weighted by atomic mass is 79.9. The van der Waals surface area contributed by atoms with Crippen molar-refractivity contribution in [1.29, 1.82) is 5.41 Å². The number of hydrogen-bond donors (Lipinski definition) is 3. The van der Waals surface area contributed by atoms with Crippen LogP contribution in [0.25, 0.3) is 11.1 Å². The Kier molecular flexibility index (Phi) is 4.67. The second-order valence-corrected chi connectivity index (χ2v) is 6.45. The zero-order valence-corrected chi connectivity index (χ0v) is 15.0. The number of nitrogens with two attached hydrogens (primary N) is 1. The molecule has 25 heavy (non-hydrogen) atoms. The smallest absolute Gasteiger partial charge is 0.267 e. The summed E-state index contributed by atoms with van der Waals surface area (Å²) in [5, 5.41) is 15.4. The molecule has 0 radical (unpaired) electrons. The molecule has 0 fully saturated rings. The van der Waals surface area contributed by atoms with E-state index in [0.717, 1.165) is 21.3 Å². The normalized spacial score (nSPS) is 10.5. The third-order valence-corrected chi connectivity index (χ3v) is 4.17. The van der Waals surface area contributed by atoms with Gasteiger partial charge in [-0.25, -0.2) is 0 Å². The molecule has 0 bridgehead atoms. The molecule has 0 aliphatic rings. The Hall–Kier alpha value is -2.93. The Morgan fingerprint density at radius 3 is 2.68 bits per heavy atom. The van der Waals surface area contributed by atoms with E-state index in [1.54, 1.807) is 16.9 Å². The number of carbonyl (C=O) groups is 1. The third kappa shape index (κ3) is 3.77.